The van der Waals surface area contributed by atoms with Gasteiger partial charge in [-0.25, -0.2) is 0 Å². The summed E-state index contributed by atoms with van der Waals surface area (Å²) in [5, 5.41) is 11.8. The summed E-state index contributed by atoms with van der Waals surface area (Å²) in [6.07, 6.45) is 2.70. The van der Waals surface area contributed by atoms with Crippen molar-refractivity contribution in [2.24, 2.45) is 0 Å². The average molecular weight is 290 g/mol. The SMILES string of the molecule is CCC(C)(CCO)NC(=O)c1coc(Br)c1. The lowest BCUT2D eigenvalue weighted by molar-refractivity contribution is 0.0885. The van der Waals surface area contributed by atoms with E-state index in [9.17, 15) is 4.79 Å². The van der Waals surface area contributed by atoms with Crippen LogP contribution in [0.1, 0.15) is 37.0 Å². The van der Waals surface area contributed by atoms with Gasteiger partial charge in [0.2, 0.25) is 0 Å². The maximum absolute atomic E-state index is 11.8. The normalized spacial score (nSPS) is 14.5. The Kier molecular flexibility index (Phi) is 4.56. The van der Waals surface area contributed by atoms with Gasteiger partial charge in [0.15, 0.2) is 4.67 Å². The molecule has 1 atom stereocenters. The molecule has 16 heavy (non-hydrogen) atoms. The quantitative estimate of drug-likeness (QED) is 0.874. The van der Waals surface area contributed by atoms with Crippen LogP contribution in [0.4, 0.5) is 0 Å². The smallest absolute Gasteiger partial charge is 0.254 e. The zero-order valence-electron chi connectivity index (χ0n) is 9.42. The molecule has 0 aliphatic rings. The Labute approximate surface area is 103 Å². The van der Waals surface area contributed by atoms with Gasteiger partial charge >= 0.3 is 0 Å². The summed E-state index contributed by atoms with van der Waals surface area (Å²) >= 11 is 3.14. The van der Waals surface area contributed by atoms with Gasteiger partial charge in [-0.3, -0.25) is 4.79 Å². The summed E-state index contributed by atoms with van der Waals surface area (Å²) in [5.41, 5.74) is 0.0970. The molecule has 2 N–H and O–H groups in total. The number of aliphatic hydroxyl groups is 1. The molecular formula is C11H16BrNO3. The zero-order chi connectivity index (χ0) is 12.2. The van der Waals surface area contributed by atoms with Crippen LogP contribution in [-0.4, -0.2) is 23.2 Å². The molecule has 1 aromatic rings. The molecular weight excluding hydrogens is 274 g/mol. The first-order valence-corrected chi connectivity index (χ1v) is 5.97. The van der Waals surface area contributed by atoms with Gasteiger partial charge in [-0.2, -0.15) is 0 Å². The monoisotopic (exact) mass is 289 g/mol. The maximum atomic E-state index is 11.8. The van der Waals surface area contributed by atoms with Crippen LogP contribution in [0.25, 0.3) is 0 Å². The second-order valence-electron chi connectivity index (χ2n) is 3.98. The molecule has 5 heteroatoms. The number of furan rings is 1. The van der Waals surface area contributed by atoms with Crippen LogP contribution >= 0.6 is 15.9 Å². The number of hydrogen-bond donors (Lipinski definition) is 2. The van der Waals surface area contributed by atoms with E-state index in [4.69, 9.17) is 9.52 Å². The van der Waals surface area contributed by atoms with Gasteiger partial charge in [-0.05, 0) is 35.7 Å². The van der Waals surface area contributed by atoms with Crippen LogP contribution in [0.3, 0.4) is 0 Å². The van der Waals surface area contributed by atoms with E-state index >= 15 is 0 Å². The number of carbonyl (C=O) groups excluding carboxylic acids is 1. The summed E-state index contributed by atoms with van der Waals surface area (Å²) in [7, 11) is 0. The molecule has 4 nitrogen and oxygen atoms in total. The van der Waals surface area contributed by atoms with E-state index in [0.29, 0.717) is 16.7 Å². The molecule has 1 unspecified atom stereocenters. The van der Waals surface area contributed by atoms with E-state index in [2.05, 4.69) is 21.2 Å². The molecule has 90 valence electrons. The summed E-state index contributed by atoms with van der Waals surface area (Å²) < 4.78 is 5.53. The van der Waals surface area contributed by atoms with E-state index in [1.807, 2.05) is 13.8 Å². The largest absolute Gasteiger partial charge is 0.457 e. The van der Waals surface area contributed by atoms with Gasteiger partial charge in [0.05, 0.1) is 5.56 Å². The predicted molar refractivity (Wildman–Crippen MR) is 64.3 cm³/mol. The summed E-state index contributed by atoms with van der Waals surface area (Å²) in [4.78, 5) is 11.8. The number of hydrogen-bond acceptors (Lipinski definition) is 3. The Hall–Kier alpha value is -0.810. The fourth-order valence-corrected chi connectivity index (χ4v) is 1.69. The number of carbonyl (C=O) groups is 1. The van der Waals surface area contributed by atoms with Crippen molar-refractivity contribution in [1.82, 2.24) is 5.32 Å². The van der Waals surface area contributed by atoms with E-state index < -0.39 is 0 Å². The second-order valence-corrected chi connectivity index (χ2v) is 4.76. The standard InChI is InChI=1S/C11H16BrNO3/c1-3-11(2,4-5-14)13-10(15)8-6-9(12)16-7-8/h6-7,14H,3-5H2,1-2H3,(H,13,15). The van der Waals surface area contributed by atoms with Gasteiger partial charge in [-0.15, -0.1) is 0 Å². The third kappa shape index (κ3) is 3.35. The molecule has 0 bridgehead atoms. The third-order valence-corrected chi connectivity index (χ3v) is 3.10. The van der Waals surface area contributed by atoms with Crippen molar-refractivity contribution in [2.75, 3.05) is 6.61 Å². The molecule has 0 aliphatic carbocycles. The topological polar surface area (TPSA) is 62.5 Å². The molecule has 0 fully saturated rings. The van der Waals surface area contributed by atoms with Crippen LogP contribution in [0, 0.1) is 0 Å². The fraction of sp³-hybridized carbons (Fsp3) is 0.545. The molecule has 0 aliphatic heterocycles. The summed E-state index contributed by atoms with van der Waals surface area (Å²) in [5.74, 6) is -0.188. The maximum Gasteiger partial charge on any atom is 0.254 e. The van der Waals surface area contributed by atoms with E-state index in [1.54, 1.807) is 6.07 Å². The molecule has 0 aromatic carbocycles. The number of rotatable bonds is 5. The first-order chi connectivity index (χ1) is 7.50. The van der Waals surface area contributed by atoms with Gasteiger partial charge in [0.1, 0.15) is 6.26 Å². The van der Waals surface area contributed by atoms with Gasteiger partial charge < -0.3 is 14.8 Å². The minimum atomic E-state index is -0.379. The van der Waals surface area contributed by atoms with Gasteiger partial charge in [0.25, 0.3) is 5.91 Å². The highest BCUT2D eigenvalue weighted by Crippen LogP contribution is 2.17. The summed E-state index contributed by atoms with van der Waals surface area (Å²) in [6.45, 7) is 3.94. The Balaban J connectivity index is 2.69. The third-order valence-electron chi connectivity index (χ3n) is 2.69. The van der Waals surface area contributed by atoms with Crippen LogP contribution in [0.15, 0.2) is 21.4 Å². The predicted octanol–water partition coefficient (Wildman–Crippen LogP) is 2.32. The molecule has 1 rings (SSSR count). The minimum Gasteiger partial charge on any atom is -0.457 e. The van der Waals surface area contributed by atoms with Crippen molar-refractivity contribution in [2.45, 2.75) is 32.2 Å². The zero-order valence-corrected chi connectivity index (χ0v) is 11.0. The van der Waals surface area contributed by atoms with Crippen LogP contribution < -0.4 is 5.32 Å². The van der Waals surface area contributed by atoms with Crippen molar-refractivity contribution >= 4 is 21.8 Å². The van der Waals surface area contributed by atoms with Crippen LogP contribution in [0.2, 0.25) is 0 Å². The van der Waals surface area contributed by atoms with Crippen molar-refractivity contribution < 1.29 is 14.3 Å². The molecule has 0 saturated heterocycles. The van der Waals surface area contributed by atoms with E-state index in [-0.39, 0.29) is 18.1 Å². The van der Waals surface area contributed by atoms with E-state index in [0.717, 1.165) is 6.42 Å². The lowest BCUT2D eigenvalue weighted by Crippen LogP contribution is -2.46. The van der Waals surface area contributed by atoms with Gasteiger partial charge in [-0.1, -0.05) is 6.92 Å². The average Bonchev–Trinajstić information content (AvgIpc) is 2.65. The Morgan fingerprint density at radius 2 is 2.38 bits per heavy atom. The van der Waals surface area contributed by atoms with E-state index in [1.165, 1.54) is 6.26 Å². The highest BCUT2D eigenvalue weighted by Gasteiger charge is 2.24. The number of aliphatic hydroxyl groups excluding tert-OH is 1. The fourth-order valence-electron chi connectivity index (χ4n) is 1.35. The molecule has 0 saturated carbocycles. The lowest BCUT2D eigenvalue weighted by atomic mass is 9.94. The Morgan fingerprint density at radius 1 is 1.69 bits per heavy atom. The van der Waals surface area contributed by atoms with Gasteiger partial charge in [0, 0.05) is 18.2 Å². The summed E-state index contributed by atoms with van der Waals surface area (Å²) in [6, 6.07) is 1.62. The number of nitrogens with one attached hydrogen (secondary N) is 1. The molecule has 0 spiro atoms. The highest BCUT2D eigenvalue weighted by molar-refractivity contribution is 9.10. The first-order valence-electron chi connectivity index (χ1n) is 5.18. The van der Waals surface area contributed by atoms with Crippen molar-refractivity contribution in [3.05, 3.63) is 22.6 Å². The molecule has 1 amide bonds. The van der Waals surface area contributed by atoms with Crippen LogP contribution in [0.5, 0.6) is 0 Å². The Bertz CT molecular complexity index is 364. The number of amides is 1. The van der Waals surface area contributed by atoms with Crippen molar-refractivity contribution in [3.8, 4) is 0 Å². The first kappa shape index (κ1) is 13.3. The molecule has 0 radical (unpaired) electrons. The number of halogens is 1. The molecule has 1 heterocycles. The van der Waals surface area contributed by atoms with Crippen molar-refractivity contribution in [1.29, 1.82) is 0 Å². The minimum absolute atomic E-state index is 0.0553. The Morgan fingerprint density at radius 3 is 2.81 bits per heavy atom. The highest BCUT2D eigenvalue weighted by atomic mass is 79.9. The van der Waals surface area contributed by atoms with Crippen LogP contribution in [-0.2, 0) is 0 Å². The molecule has 1 aromatic heterocycles. The van der Waals surface area contributed by atoms with Crippen molar-refractivity contribution in [3.63, 3.8) is 0 Å². The second kappa shape index (κ2) is 5.50. The lowest BCUT2D eigenvalue weighted by Gasteiger charge is -2.28.